The Morgan fingerprint density at radius 3 is 2.74 bits per heavy atom. The van der Waals surface area contributed by atoms with E-state index < -0.39 is 0 Å². The van der Waals surface area contributed by atoms with Crippen molar-refractivity contribution in [2.75, 3.05) is 13.7 Å². The molecule has 1 aromatic heterocycles. The summed E-state index contributed by atoms with van der Waals surface area (Å²) in [6.07, 6.45) is 0.783. The Morgan fingerprint density at radius 1 is 1.37 bits per heavy atom. The molecule has 0 aliphatic carbocycles. The van der Waals surface area contributed by atoms with E-state index in [4.69, 9.17) is 15.5 Å². The molecule has 2 N–H and O–H groups in total. The summed E-state index contributed by atoms with van der Waals surface area (Å²) >= 11 is 0. The van der Waals surface area contributed by atoms with Gasteiger partial charge in [0.2, 0.25) is 0 Å². The molecule has 2 aromatic rings. The van der Waals surface area contributed by atoms with Crippen molar-refractivity contribution < 1.29 is 4.74 Å². The van der Waals surface area contributed by atoms with Gasteiger partial charge in [0, 0.05) is 19.8 Å². The van der Waals surface area contributed by atoms with Gasteiger partial charge in [-0.3, -0.25) is 0 Å². The standard InChI is InChI=1S/C15H23N3O/c1-10(2)18-14-6-5-11(3)9-13(14)17-15(18)12(16)7-8-19-4/h5-6,9-10,12H,7-8,16H2,1-4H3. The first-order chi connectivity index (χ1) is 9.04. The first-order valence-corrected chi connectivity index (χ1v) is 6.77. The average molecular weight is 261 g/mol. The van der Waals surface area contributed by atoms with Crippen molar-refractivity contribution in [3.05, 3.63) is 29.6 Å². The van der Waals surface area contributed by atoms with Crippen LogP contribution >= 0.6 is 0 Å². The van der Waals surface area contributed by atoms with Gasteiger partial charge in [0.25, 0.3) is 0 Å². The molecule has 1 heterocycles. The van der Waals surface area contributed by atoms with Crippen LogP contribution in [0.25, 0.3) is 11.0 Å². The van der Waals surface area contributed by atoms with Crippen LogP contribution in [-0.4, -0.2) is 23.3 Å². The van der Waals surface area contributed by atoms with Crippen molar-refractivity contribution in [3.63, 3.8) is 0 Å². The predicted octanol–water partition coefficient (Wildman–Crippen LogP) is 2.96. The second kappa shape index (κ2) is 5.72. The van der Waals surface area contributed by atoms with Crippen molar-refractivity contribution in [3.8, 4) is 0 Å². The molecule has 1 atom stereocenters. The van der Waals surface area contributed by atoms with Gasteiger partial charge in [-0.15, -0.1) is 0 Å². The van der Waals surface area contributed by atoms with Crippen molar-refractivity contribution in [2.24, 2.45) is 5.73 Å². The van der Waals surface area contributed by atoms with Gasteiger partial charge in [0.05, 0.1) is 17.1 Å². The second-order valence-corrected chi connectivity index (χ2v) is 5.31. The van der Waals surface area contributed by atoms with Crippen LogP contribution in [-0.2, 0) is 4.74 Å². The third kappa shape index (κ3) is 2.80. The Bertz CT molecular complexity index is 560. The molecular formula is C15H23N3O. The molecule has 1 aromatic carbocycles. The Morgan fingerprint density at radius 2 is 2.11 bits per heavy atom. The molecule has 0 amide bonds. The first kappa shape index (κ1) is 14.0. The summed E-state index contributed by atoms with van der Waals surface area (Å²) in [6, 6.07) is 6.62. The number of nitrogens with zero attached hydrogens (tertiary/aromatic N) is 2. The number of imidazole rings is 1. The summed E-state index contributed by atoms with van der Waals surface area (Å²) in [6.45, 7) is 7.06. The van der Waals surface area contributed by atoms with E-state index >= 15 is 0 Å². The summed E-state index contributed by atoms with van der Waals surface area (Å²) < 4.78 is 7.34. The van der Waals surface area contributed by atoms with E-state index in [9.17, 15) is 0 Å². The highest BCUT2D eigenvalue weighted by Gasteiger charge is 2.18. The second-order valence-electron chi connectivity index (χ2n) is 5.31. The van der Waals surface area contributed by atoms with Gasteiger partial charge < -0.3 is 15.0 Å². The number of aryl methyl sites for hydroxylation is 1. The van der Waals surface area contributed by atoms with E-state index in [2.05, 4.69) is 43.5 Å². The summed E-state index contributed by atoms with van der Waals surface area (Å²) in [5.41, 5.74) is 9.66. The summed E-state index contributed by atoms with van der Waals surface area (Å²) in [5, 5.41) is 0. The fraction of sp³-hybridized carbons (Fsp3) is 0.533. The zero-order valence-corrected chi connectivity index (χ0v) is 12.2. The van der Waals surface area contributed by atoms with Gasteiger partial charge in [-0.25, -0.2) is 4.98 Å². The number of rotatable bonds is 5. The van der Waals surface area contributed by atoms with Gasteiger partial charge >= 0.3 is 0 Å². The van der Waals surface area contributed by atoms with E-state index in [-0.39, 0.29) is 6.04 Å². The Labute approximate surface area is 114 Å². The highest BCUT2D eigenvalue weighted by molar-refractivity contribution is 5.77. The van der Waals surface area contributed by atoms with E-state index in [1.807, 2.05) is 0 Å². The number of nitrogens with two attached hydrogens (primary N) is 1. The van der Waals surface area contributed by atoms with Gasteiger partial charge in [0.15, 0.2) is 0 Å². The number of methoxy groups -OCH3 is 1. The van der Waals surface area contributed by atoms with Crippen LogP contribution < -0.4 is 5.73 Å². The number of hydrogen-bond acceptors (Lipinski definition) is 3. The number of aromatic nitrogens is 2. The predicted molar refractivity (Wildman–Crippen MR) is 78.3 cm³/mol. The third-order valence-corrected chi connectivity index (χ3v) is 3.35. The molecule has 4 heteroatoms. The lowest BCUT2D eigenvalue weighted by Crippen LogP contribution is -2.19. The molecule has 1 unspecified atom stereocenters. The van der Waals surface area contributed by atoms with Crippen molar-refractivity contribution >= 4 is 11.0 Å². The maximum atomic E-state index is 6.26. The Balaban J connectivity index is 2.49. The number of ether oxygens (including phenoxy) is 1. The maximum absolute atomic E-state index is 6.26. The molecule has 2 rings (SSSR count). The van der Waals surface area contributed by atoms with E-state index in [1.165, 1.54) is 5.56 Å². The number of benzene rings is 1. The summed E-state index contributed by atoms with van der Waals surface area (Å²) in [5.74, 6) is 0.952. The van der Waals surface area contributed by atoms with E-state index in [0.717, 1.165) is 23.3 Å². The molecule has 104 valence electrons. The zero-order chi connectivity index (χ0) is 14.0. The fourth-order valence-electron chi connectivity index (χ4n) is 2.41. The average Bonchev–Trinajstić information content (AvgIpc) is 2.74. The highest BCUT2D eigenvalue weighted by atomic mass is 16.5. The van der Waals surface area contributed by atoms with Crippen molar-refractivity contribution in [1.82, 2.24) is 9.55 Å². The molecule has 0 aliphatic heterocycles. The van der Waals surface area contributed by atoms with E-state index in [0.29, 0.717) is 12.6 Å². The molecular weight excluding hydrogens is 238 g/mol. The quantitative estimate of drug-likeness (QED) is 0.900. The van der Waals surface area contributed by atoms with Crippen molar-refractivity contribution in [1.29, 1.82) is 0 Å². The topological polar surface area (TPSA) is 53.1 Å². The maximum Gasteiger partial charge on any atom is 0.127 e. The normalized spacial score (nSPS) is 13.4. The van der Waals surface area contributed by atoms with Gasteiger partial charge in [-0.2, -0.15) is 0 Å². The molecule has 0 fully saturated rings. The molecule has 19 heavy (non-hydrogen) atoms. The molecule has 4 nitrogen and oxygen atoms in total. The van der Waals surface area contributed by atoms with Crippen LogP contribution in [0.15, 0.2) is 18.2 Å². The van der Waals surface area contributed by atoms with Crippen LogP contribution in [0.2, 0.25) is 0 Å². The minimum Gasteiger partial charge on any atom is -0.385 e. The molecule has 0 saturated carbocycles. The molecule has 0 aliphatic rings. The number of fused-ring (bicyclic) bond motifs is 1. The Hall–Kier alpha value is -1.39. The molecule has 0 radical (unpaired) electrons. The summed E-state index contributed by atoms with van der Waals surface area (Å²) in [4.78, 5) is 4.73. The van der Waals surface area contributed by atoms with Gasteiger partial charge in [-0.1, -0.05) is 6.07 Å². The third-order valence-electron chi connectivity index (χ3n) is 3.35. The van der Waals surface area contributed by atoms with Crippen LogP contribution in [0.5, 0.6) is 0 Å². The van der Waals surface area contributed by atoms with Crippen molar-refractivity contribution in [2.45, 2.75) is 39.3 Å². The minimum absolute atomic E-state index is 0.0879. The molecule has 0 spiro atoms. The lowest BCUT2D eigenvalue weighted by molar-refractivity contribution is 0.186. The lowest BCUT2D eigenvalue weighted by Gasteiger charge is -2.17. The first-order valence-electron chi connectivity index (χ1n) is 6.77. The van der Waals surface area contributed by atoms with Crippen LogP contribution in [0.1, 0.15) is 43.7 Å². The highest BCUT2D eigenvalue weighted by Crippen LogP contribution is 2.26. The summed E-state index contributed by atoms with van der Waals surface area (Å²) in [7, 11) is 1.70. The smallest absolute Gasteiger partial charge is 0.127 e. The number of hydrogen-bond donors (Lipinski definition) is 1. The van der Waals surface area contributed by atoms with Crippen LogP contribution in [0, 0.1) is 6.92 Å². The van der Waals surface area contributed by atoms with Crippen LogP contribution in [0.4, 0.5) is 0 Å². The van der Waals surface area contributed by atoms with Gasteiger partial charge in [0.1, 0.15) is 5.82 Å². The minimum atomic E-state index is -0.0879. The van der Waals surface area contributed by atoms with Crippen LogP contribution in [0.3, 0.4) is 0 Å². The molecule has 0 saturated heterocycles. The SMILES string of the molecule is COCCC(N)c1nc2cc(C)ccc2n1C(C)C. The Kier molecular flexibility index (Phi) is 4.22. The zero-order valence-electron chi connectivity index (χ0n) is 12.2. The van der Waals surface area contributed by atoms with E-state index in [1.54, 1.807) is 7.11 Å². The largest absolute Gasteiger partial charge is 0.385 e. The fourth-order valence-corrected chi connectivity index (χ4v) is 2.41. The van der Waals surface area contributed by atoms with Gasteiger partial charge in [-0.05, 0) is 44.9 Å². The monoisotopic (exact) mass is 261 g/mol. The lowest BCUT2D eigenvalue weighted by atomic mass is 10.2. The molecule has 0 bridgehead atoms.